The summed E-state index contributed by atoms with van der Waals surface area (Å²) in [6.45, 7) is 1.95. The van der Waals surface area contributed by atoms with Crippen LogP contribution in [0.2, 0.25) is 0 Å². The molecular weight excluding hydrogens is 96.9 g/mol. The first-order valence-corrected chi connectivity index (χ1v) is 2.43. The molecule has 0 heterocycles. The molecule has 0 rings (SSSR count). The van der Waals surface area contributed by atoms with Crippen LogP contribution in [0, 0.1) is 0 Å². The second kappa shape index (κ2) is 6.21. The van der Waals surface area contributed by atoms with Crippen molar-refractivity contribution in [1.29, 1.82) is 0 Å². The van der Waals surface area contributed by atoms with Crippen molar-refractivity contribution in [2.24, 2.45) is 4.90 Å². The average molecular weight is 105 g/mol. The van der Waals surface area contributed by atoms with E-state index in [2.05, 4.69) is 4.90 Å². The molecular formula is C6H8BN. The minimum atomic E-state index is 1.53. The van der Waals surface area contributed by atoms with Gasteiger partial charge in [-0.25, -0.2) is 0 Å². The number of hydrogen-bond acceptors (Lipinski definition) is 1. The SMILES string of the molecule is [B]N=C/C=C\C=C/C. The third-order valence-electron chi connectivity index (χ3n) is 0.587. The minimum absolute atomic E-state index is 1.53. The summed E-state index contributed by atoms with van der Waals surface area (Å²) in [5.74, 6) is 0. The van der Waals surface area contributed by atoms with Crippen LogP contribution >= 0.6 is 0 Å². The molecule has 0 fully saturated rings. The van der Waals surface area contributed by atoms with Crippen LogP contribution in [-0.2, 0) is 0 Å². The molecule has 0 spiro atoms. The lowest BCUT2D eigenvalue weighted by Gasteiger charge is -1.68. The van der Waals surface area contributed by atoms with Gasteiger partial charge in [-0.1, -0.05) is 18.2 Å². The molecule has 40 valence electrons. The second-order valence-corrected chi connectivity index (χ2v) is 1.21. The maximum atomic E-state index is 4.80. The summed E-state index contributed by atoms with van der Waals surface area (Å²) < 4.78 is 0. The lowest BCUT2D eigenvalue weighted by atomic mass is 10.4. The van der Waals surface area contributed by atoms with Crippen LogP contribution < -0.4 is 0 Å². The van der Waals surface area contributed by atoms with Crippen LogP contribution in [0.25, 0.3) is 0 Å². The molecule has 0 aromatic heterocycles. The summed E-state index contributed by atoms with van der Waals surface area (Å²) in [4.78, 5) is 3.26. The molecule has 0 unspecified atom stereocenters. The molecule has 0 amide bonds. The van der Waals surface area contributed by atoms with Gasteiger partial charge in [0.2, 0.25) is 0 Å². The van der Waals surface area contributed by atoms with E-state index in [1.807, 2.05) is 25.2 Å². The molecule has 0 N–H and O–H groups in total. The van der Waals surface area contributed by atoms with Crippen LogP contribution in [0.5, 0.6) is 0 Å². The lowest BCUT2D eigenvalue weighted by molar-refractivity contribution is 1.74. The molecule has 2 heteroatoms. The van der Waals surface area contributed by atoms with E-state index in [9.17, 15) is 0 Å². The van der Waals surface area contributed by atoms with Gasteiger partial charge in [-0.05, 0) is 13.0 Å². The van der Waals surface area contributed by atoms with Crippen molar-refractivity contribution in [2.45, 2.75) is 6.92 Å². The Kier molecular flexibility index (Phi) is 5.61. The summed E-state index contributed by atoms with van der Waals surface area (Å²) in [5, 5.41) is 0. The third kappa shape index (κ3) is 5.21. The Hall–Kier alpha value is -0.785. The van der Waals surface area contributed by atoms with E-state index >= 15 is 0 Å². The van der Waals surface area contributed by atoms with Crippen LogP contribution in [0.15, 0.2) is 29.2 Å². The monoisotopic (exact) mass is 105 g/mol. The van der Waals surface area contributed by atoms with Crippen molar-refractivity contribution in [3.05, 3.63) is 24.3 Å². The minimum Gasteiger partial charge on any atom is -0.363 e. The molecule has 0 aromatic carbocycles. The maximum absolute atomic E-state index is 4.80. The van der Waals surface area contributed by atoms with Crippen molar-refractivity contribution in [2.75, 3.05) is 0 Å². The molecule has 0 saturated carbocycles. The fraction of sp³-hybridized carbons (Fsp3) is 0.167. The fourth-order valence-electron chi connectivity index (χ4n) is 0.275. The van der Waals surface area contributed by atoms with Gasteiger partial charge in [0.05, 0.1) is 0 Å². The summed E-state index contributed by atoms with van der Waals surface area (Å²) in [6, 6.07) is 0. The van der Waals surface area contributed by atoms with Crippen molar-refractivity contribution in [3.63, 3.8) is 0 Å². The molecule has 0 aliphatic heterocycles. The van der Waals surface area contributed by atoms with Crippen LogP contribution in [0.4, 0.5) is 0 Å². The van der Waals surface area contributed by atoms with Gasteiger partial charge in [0, 0.05) is 6.21 Å². The molecule has 0 aromatic rings. The molecule has 0 atom stereocenters. The highest BCUT2D eigenvalue weighted by Gasteiger charge is 1.55. The average Bonchev–Trinajstić information content (AvgIpc) is 1.81. The first kappa shape index (κ1) is 7.21. The van der Waals surface area contributed by atoms with Crippen LogP contribution in [0.1, 0.15) is 6.92 Å². The molecule has 8 heavy (non-hydrogen) atoms. The van der Waals surface area contributed by atoms with E-state index in [0.29, 0.717) is 0 Å². The van der Waals surface area contributed by atoms with Gasteiger partial charge in [-0.2, -0.15) is 0 Å². The number of allylic oxidation sites excluding steroid dienone is 4. The van der Waals surface area contributed by atoms with Crippen molar-refractivity contribution in [1.82, 2.24) is 0 Å². The molecule has 1 nitrogen and oxygen atoms in total. The Balaban J connectivity index is 3.35. The lowest BCUT2D eigenvalue weighted by Crippen LogP contribution is -1.60. The molecule has 0 bridgehead atoms. The normalized spacial score (nSPS) is 12.6. The highest BCUT2D eigenvalue weighted by molar-refractivity contribution is 6.10. The third-order valence-corrected chi connectivity index (χ3v) is 0.587. The van der Waals surface area contributed by atoms with E-state index in [1.165, 1.54) is 6.21 Å². The van der Waals surface area contributed by atoms with Gasteiger partial charge in [-0.15, -0.1) is 0 Å². The van der Waals surface area contributed by atoms with E-state index in [-0.39, 0.29) is 0 Å². The standard InChI is InChI=1S/C6H8BN/c1-2-3-4-5-6-8-7/h2-6H,1H3/b3-2-,5-4-,8-6?. The highest BCUT2D eigenvalue weighted by Crippen LogP contribution is 1.71. The fourth-order valence-corrected chi connectivity index (χ4v) is 0.275. The quantitative estimate of drug-likeness (QED) is 0.285. The van der Waals surface area contributed by atoms with Gasteiger partial charge >= 0.3 is 0 Å². The Bertz CT molecular complexity index is 99.7. The van der Waals surface area contributed by atoms with E-state index in [4.69, 9.17) is 7.98 Å². The Morgan fingerprint density at radius 3 is 2.50 bits per heavy atom. The van der Waals surface area contributed by atoms with Gasteiger partial charge in [0.15, 0.2) is 0 Å². The predicted molar refractivity (Wildman–Crippen MR) is 38.2 cm³/mol. The molecule has 0 aliphatic rings. The van der Waals surface area contributed by atoms with E-state index in [1.54, 1.807) is 6.08 Å². The van der Waals surface area contributed by atoms with Crippen molar-refractivity contribution in [3.8, 4) is 0 Å². The van der Waals surface area contributed by atoms with Gasteiger partial charge in [0.1, 0.15) is 0 Å². The second-order valence-electron chi connectivity index (χ2n) is 1.21. The summed E-state index contributed by atoms with van der Waals surface area (Å²) in [6.07, 6.45) is 8.99. The Morgan fingerprint density at radius 2 is 2.00 bits per heavy atom. The Labute approximate surface area is 51.3 Å². The zero-order valence-electron chi connectivity index (χ0n) is 4.91. The highest BCUT2D eigenvalue weighted by atomic mass is 14.5. The largest absolute Gasteiger partial charge is 0.363 e. The zero-order valence-corrected chi connectivity index (χ0v) is 4.91. The maximum Gasteiger partial charge on any atom is 0.259 e. The number of hydrogen-bond donors (Lipinski definition) is 0. The summed E-state index contributed by atoms with van der Waals surface area (Å²) in [7, 11) is 4.80. The first-order valence-electron chi connectivity index (χ1n) is 2.43. The van der Waals surface area contributed by atoms with E-state index < -0.39 is 0 Å². The molecule has 0 saturated heterocycles. The topological polar surface area (TPSA) is 12.4 Å². The summed E-state index contributed by atoms with van der Waals surface area (Å²) in [5.41, 5.74) is 0. The number of nitrogens with zero attached hydrogens (tertiary/aromatic N) is 1. The predicted octanol–water partition coefficient (Wildman–Crippen LogP) is 1.27. The van der Waals surface area contributed by atoms with E-state index in [0.717, 1.165) is 0 Å². The summed E-state index contributed by atoms with van der Waals surface area (Å²) >= 11 is 0. The van der Waals surface area contributed by atoms with Gasteiger partial charge in [-0.3, -0.25) is 0 Å². The van der Waals surface area contributed by atoms with Crippen LogP contribution in [0.3, 0.4) is 0 Å². The van der Waals surface area contributed by atoms with Gasteiger partial charge < -0.3 is 4.90 Å². The molecule has 2 radical (unpaired) electrons. The zero-order chi connectivity index (χ0) is 6.24. The first-order chi connectivity index (χ1) is 3.91. The Morgan fingerprint density at radius 1 is 1.25 bits per heavy atom. The molecule has 0 aliphatic carbocycles. The smallest absolute Gasteiger partial charge is 0.259 e. The van der Waals surface area contributed by atoms with Crippen LogP contribution in [-0.4, -0.2) is 14.2 Å². The van der Waals surface area contributed by atoms with Gasteiger partial charge in [0.25, 0.3) is 7.98 Å². The van der Waals surface area contributed by atoms with Crippen molar-refractivity contribution >= 4 is 14.2 Å². The van der Waals surface area contributed by atoms with Crippen molar-refractivity contribution < 1.29 is 0 Å². The number of rotatable bonds is 2.